The van der Waals surface area contributed by atoms with Gasteiger partial charge in [0.1, 0.15) is 16.7 Å². The smallest absolute Gasteiger partial charge is 0.340 e. The second-order valence-corrected chi connectivity index (χ2v) is 7.95. The van der Waals surface area contributed by atoms with Gasteiger partial charge in [-0.05, 0) is 37.1 Å². The highest BCUT2D eigenvalue weighted by molar-refractivity contribution is 9.10. The molecule has 0 aliphatic carbocycles. The highest BCUT2D eigenvalue weighted by atomic mass is 79.9. The molecule has 0 aliphatic heterocycles. The predicted octanol–water partition coefficient (Wildman–Crippen LogP) is 4.72. The summed E-state index contributed by atoms with van der Waals surface area (Å²) in [4.78, 5) is 16.9. The molecule has 8 heteroatoms. The number of nitrogens with one attached hydrogen (secondary N) is 1. The van der Waals surface area contributed by atoms with E-state index in [9.17, 15) is 9.00 Å². The first kappa shape index (κ1) is 21.4. The molecule has 1 heterocycles. The third kappa shape index (κ3) is 6.04. The molecule has 1 aromatic heterocycles. The van der Waals surface area contributed by atoms with Gasteiger partial charge in [0.05, 0.1) is 24.6 Å². The van der Waals surface area contributed by atoms with E-state index in [1.54, 1.807) is 24.3 Å². The average Bonchev–Trinajstić information content (AvgIpc) is 2.67. The van der Waals surface area contributed by atoms with E-state index in [1.165, 1.54) is 19.5 Å². The van der Waals surface area contributed by atoms with Gasteiger partial charge in [-0.15, -0.1) is 0 Å². The van der Waals surface area contributed by atoms with E-state index in [0.29, 0.717) is 21.9 Å². The van der Waals surface area contributed by atoms with Gasteiger partial charge >= 0.3 is 5.97 Å². The SMILES string of the molecule is CCCC(CC)OC(=O)c1cncc(NS(=O)c2cc(Br)ccc2OC)c1. The Kier molecular flexibility index (Phi) is 8.24. The molecule has 6 nitrogen and oxygen atoms in total. The van der Waals surface area contributed by atoms with Crippen LogP contribution >= 0.6 is 15.9 Å². The van der Waals surface area contributed by atoms with Crippen LogP contribution in [0.5, 0.6) is 5.75 Å². The molecule has 0 amide bonds. The summed E-state index contributed by atoms with van der Waals surface area (Å²) >= 11 is 3.36. The molecule has 0 bridgehead atoms. The quantitative estimate of drug-likeness (QED) is 0.554. The van der Waals surface area contributed by atoms with Crippen molar-refractivity contribution in [2.45, 2.75) is 44.1 Å². The van der Waals surface area contributed by atoms with Gasteiger partial charge in [-0.1, -0.05) is 36.2 Å². The normalized spacial score (nSPS) is 12.9. The molecule has 2 aromatic rings. The predicted molar refractivity (Wildman–Crippen MR) is 109 cm³/mol. The maximum absolute atomic E-state index is 12.7. The third-order valence-electron chi connectivity index (χ3n) is 3.85. The Morgan fingerprint density at radius 2 is 2.07 bits per heavy atom. The lowest BCUT2D eigenvalue weighted by molar-refractivity contribution is 0.0271. The lowest BCUT2D eigenvalue weighted by atomic mass is 10.1. The Hall–Kier alpha value is -1.93. The van der Waals surface area contributed by atoms with Gasteiger partial charge in [-0.2, -0.15) is 0 Å². The fourth-order valence-corrected chi connectivity index (χ4v) is 3.97. The fraction of sp³-hybridized carbons (Fsp3) is 0.368. The van der Waals surface area contributed by atoms with Crippen molar-refractivity contribution in [3.63, 3.8) is 0 Å². The molecule has 1 aromatic carbocycles. The molecule has 0 spiro atoms. The maximum atomic E-state index is 12.7. The number of hydrogen-bond acceptors (Lipinski definition) is 5. The number of pyridine rings is 1. The highest BCUT2D eigenvalue weighted by Crippen LogP contribution is 2.27. The van der Waals surface area contributed by atoms with E-state index in [-0.39, 0.29) is 6.10 Å². The Balaban J connectivity index is 2.14. The van der Waals surface area contributed by atoms with E-state index < -0.39 is 17.0 Å². The van der Waals surface area contributed by atoms with E-state index in [4.69, 9.17) is 9.47 Å². The summed E-state index contributed by atoms with van der Waals surface area (Å²) in [5.41, 5.74) is 0.765. The molecule has 0 saturated heterocycles. The van der Waals surface area contributed by atoms with Crippen LogP contribution in [0.3, 0.4) is 0 Å². The van der Waals surface area contributed by atoms with Crippen molar-refractivity contribution < 1.29 is 18.5 Å². The third-order valence-corrected chi connectivity index (χ3v) is 5.48. The number of ether oxygens (including phenoxy) is 2. The van der Waals surface area contributed by atoms with Crippen molar-refractivity contribution in [3.05, 3.63) is 46.7 Å². The molecule has 1 N–H and O–H groups in total. The van der Waals surface area contributed by atoms with Crippen LogP contribution in [-0.2, 0) is 15.7 Å². The summed E-state index contributed by atoms with van der Waals surface area (Å²) in [6, 6.07) is 6.82. The number of hydrogen-bond donors (Lipinski definition) is 1. The fourth-order valence-electron chi connectivity index (χ4n) is 2.45. The summed E-state index contributed by atoms with van der Waals surface area (Å²) in [7, 11) is -0.0736. The van der Waals surface area contributed by atoms with E-state index >= 15 is 0 Å². The zero-order valence-electron chi connectivity index (χ0n) is 15.5. The minimum absolute atomic E-state index is 0.112. The van der Waals surface area contributed by atoms with Gasteiger partial charge in [0.15, 0.2) is 11.0 Å². The number of halogens is 1. The van der Waals surface area contributed by atoms with Crippen LogP contribution in [0.2, 0.25) is 0 Å². The summed E-state index contributed by atoms with van der Waals surface area (Å²) in [6.07, 6.45) is 5.35. The largest absolute Gasteiger partial charge is 0.495 e. The zero-order chi connectivity index (χ0) is 19.8. The van der Waals surface area contributed by atoms with Crippen LogP contribution in [-0.4, -0.2) is 28.4 Å². The number of aromatic nitrogens is 1. The van der Waals surface area contributed by atoms with Gasteiger partial charge in [0, 0.05) is 10.7 Å². The molecule has 0 radical (unpaired) electrons. The van der Waals surface area contributed by atoms with Gasteiger partial charge in [0.2, 0.25) is 0 Å². The number of esters is 1. The Morgan fingerprint density at radius 1 is 1.30 bits per heavy atom. The van der Waals surface area contributed by atoms with Crippen molar-refractivity contribution in [2.24, 2.45) is 0 Å². The number of nitrogens with zero attached hydrogens (tertiary/aromatic N) is 1. The Morgan fingerprint density at radius 3 is 2.74 bits per heavy atom. The van der Waals surface area contributed by atoms with Crippen LogP contribution in [0.25, 0.3) is 0 Å². The molecule has 2 atom stereocenters. The molecule has 27 heavy (non-hydrogen) atoms. The zero-order valence-corrected chi connectivity index (χ0v) is 17.9. The topological polar surface area (TPSA) is 77.5 Å². The second-order valence-electron chi connectivity index (χ2n) is 5.85. The van der Waals surface area contributed by atoms with Gasteiger partial charge in [0.25, 0.3) is 0 Å². The Bertz CT molecular complexity index is 816. The minimum Gasteiger partial charge on any atom is -0.495 e. The molecule has 146 valence electrons. The van der Waals surface area contributed by atoms with Crippen LogP contribution in [0, 0.1) is 0 Å². The Labute approximate surface area is 170 Å². The minimum atomic E-state index is -1.59. The summed E-state index contributed by atoms with van der Waals surface area (Å²) in [6.45, 7) is 4.03. The first-order valence-electron chi connectivity index (χ1n) is 8.66. The maximum Gasteiger partial charge on any atom is 0.340 e. The molecule has 0 fully saturated rings. The van der Waals surface area contributed by atoms with Crippen molar-refractivity contribution >= 4 is 38.6 Å². The number of methoxy groups -OCH3 is 1. The number of carbonyl (C=O) groups excluding carboxylic acids is 1. The van der Waals surface area contributed by atoms with Crippen LogP contribution in [0.4, 0.5) is 5.69 Å². The molecule has 0 saturated carbocycles. The average molecular weight is 455 g/mol. The molecular weight excluding hydrogens is 432 g/mol. The summed E-state index contributed by atoms with van der Waals surface area (Å²) < 4.78 is 27.1. The van der Waals surface area contributed by atoms with E-state index in [0.717, 1.165) is 23.7 Å². The number of anilines is 1. The number of benzene rings is 1. The van der Waals surface area contributed by atoms with Crippen molar-refractivity contribution in [1.82, 2.24) is 4.98 Å². The van der Waals surface area contributed by atoms with Gasteiger partial charge in [-0.3, -0.25) is 9.71 Å². The first-order chi connectivity index (χ1) is 13.0. The molecule has 2 unspecified atom stereocenters. The standard InChI is InChI=1S/C19H23BrN2O4S/c1-4-6-16(5-2)26-19(23)13-9-15(12-21-11-13)22-27(24)18-10-14(20)7-8-17(18)25-3/h7-12,16,22H,4-6H2,1-3H3. The molecule has 0 aliphatic rings. The highest BCUT2D eigenvalue weighted by Gasteiger charge is 2.16. The first-order valence-corrected chi connectivity index (χ1v) is 10.6. The van der Waals surface area contributed by atoms with E-state index in [2.05, 4.69) is 25.6 Å². The summed E-state index contributed by atoms with van der Waals surface area (Å²) in [5.74, 6) is 0.0650. The monoisotopic (exact) mass is 454 g/mol. The van der Waals surface area contributed by atoms with E-state index in [1.807, 2.05) is 13.8 Å². The van der Waals surface area contributed by atoms with Crippen LogP contribution in [0.1, 0.15) is 43.5 Å². The van der Waals surface area contributed by atoms with Crippen molar-refractivity contribution in [3.8, 4) is 5.75 Å². The number of carbonyl (C=O) groups is 1. The molecule has 2 rings (SSSR count). The lowest BCUT2D eigenvalue weighted by Crippen LogP contribution is -2.17. The van der Waals surface area contributed by atoms with Crippen molar-refractivity contribution in [2.75, 3.05) is 11.8 Å². The van der Waals surface area contributed by atoms with Gasteiger partial charge < -0.3 is 9.47 Å². The second kappa shape index (κ2) is 10.4. The molecular formula is C19H23BrN2O4S. The number of rotatable bonds is 9. The van der Waals surface area contributed by atoms with Crippen molar-refractivity contribution in [1.29, 1.82) is 0 Å². The van der Waals surface area contributed by atoms with Crippen LogP contribution in [0.15, 0.2) is 46.0 Å². The van der Waals surface area contributed by atoms with Gasteiger partial charge in [-0.25, -0.2) is 9.00 Å². The lowest BCUT2D eigenvalue weighted by Gasteiger charge is -2.15. The van der Waals surface area contributed by atoms with Crippen LogP contribution < -0.4 is 9.46 Å². The summed E-state index contributed by atoms with van der Waals surface area (Å²) in [5, 5.41) is 0.